The molecule has 3 aromatic carbocycles. The summed E-state index contributed by atoms with van der Waals surface area (Å²) in [5.41, 5.74) is 2.30. The van der Waals surface area contributed by atoms with E-state index >= 15 is 0 Å². The van der Waals surface area contributed by atoms with E-state index < -0.39 is 11.5 Å². The van der Waals surface area contributed by atoms with E-state index in [1.165, 1.54) is 16.7 Å². The van der Waals surface area contributed by atoms with Gasteiger partial charge in [-0.2, -0.15) is 0 Å². The molecule has 0 fully saturated rings. The smallest absolute Gasteiger partial charge is 0.286 e. The highest BCUT2D eigenvalue weighted by molar-refractivity contribution is 5.91. The van der Waals surface area contributed by atoms with Gasteiger partial charge in [-0.15, -0.1) is 10.2 Å². The van der Waals surface area contributed by atoms with E-state index in [2.05, 4.69) is 39.8 Å². The molecule has 0 spiro atoms. The van der Waals surface area contributed by atoms with Crippen molar-refractivity contribution in [2.45, 2.75) is 18.9 Å². The standard InChI is InChI=1S/C27H24FN5O2/c28-21-11-13-22(14-12-21)32-17-18-33-26(35)24(30-31-27(32)33)25(34)29-16-15-23(19-7-3-1-4-8-19)20-9-5-2-6-10-20/h1-14,23H,15-18H2,(H,29,34). The highest BCUT2D eigenvalue weighted by atomic mass is 19.1. The lowest BCUT2D eigenvalue weighted by Gasteiger charge is -2.18. The van der Waals surface area contributed by atoms with Crippen LogP contribution in [0.2, 0.25) is 0 Å². The highest BCUT2D eigenvalue weighted by Crippen LogP contribution is 2.28. The number of hydrogen-bond acceptors (Lipinski definition) is 5. The van der Waals surface area contributed by atoms with Crippen LogP contribution in [0.1, 0.15) is 34.0 Å². The molecule has 5 rings (SSSR count). The molecule has 7 nitrogen and oxygen atoms in total. The molecule has 0 saturated carbocycles. The first kappa shape index (κ1) is 22.5. The van der Waals surface area contributed by atoms with E-state index in [1.54, 1.807) is 17.0 Å². The van der Waals surface area contributed by atoms with Gasteiger partial charge >= 0.3 is 0 Å². The number of rotatable bonds is 7. The quantitative estimate of drug-likeness (QED) is 0.444. The first-order valence-corrected chi connectivity index (χ1v) is 11.5. The van der Waals surface area contributed by atoms with Gasteiger partial charge in [0.05, 0.1) is 0 Å². The number of nitrogens with one attached hydrogen (secondary N) is 1. The number of amides is 1. The molecule has 4 aromatic rings. The molecule has 176 valence electrons. The second-order valence-electron chi connectivity index (χ2n) is 8.35. The van der Waals surface area contributed by atoms with Gasteiger partial charge in [-0.1, -0.05) is 60.7 Å². The van der Waals surface area contributed by atoms with Crippen molar-refractivity contribution in [2.24, 2.45) is 0 Å². The Morgan fingerprint density at radius 1 is 0.886 bits per heavy atom. The van der Waals surface area contributed by atoms with E-state index in [-0.39, 0.29) is 17.4 Å². The average molecular weight is 470 g/mol. The summed E-state index contributed by atoms with van der Waals surface area (Å²) < 4.78 is 14.7. The van der Waals surface area contributed by atoms with E-state index in [0.717, 1.165) is 11.1 Å². The Bertz CT molecular complexity index is 1340. The minimum Gasteiger partial charge on any atom is -0.350 e. The van der Waals surface area contributed by atoms with Crippen LogP contribution in [0.25, 0.3) is 0 Å². The van der Waals surface area contributed by atoms with Crippen LogP contribution in [0, 0.1) is 5.82 Å². The monoisotopic (exact) mass is 469 g/mol. The molecule has 0 atom stereocenters. The fraction of sp³-hybridized carbons (Fsp3) is 0.185. The molecule has 8 heteroatoms. The number of fused-ring (bicyclic) bond motifs is 1. The van der Waals surface area contributed by atoms with E-state index in [0.29, 0.717) is 37.7 Å². The van der Waals surface area contributed by atoms with Crippen molar-refractivity contribution < 1.29 is 9.18 Å². The molecule has 0 aliphatic carbocycles. The molecule has 1 amide bonds. The maximum atomic E-state index is 13.3. The predicted molar refractivity (Wildman–Crippen MR) is 131 cm³/mol. The van der Waals surface area contributed by atoms with Gasteiger partial charge in [0.25, 0.3) is 11.5 Å². The van der Waals surface area contributed by atoms with Gasteiger partial charge < -0.3 is 10.2 Å². The molecule has 0 bridgehead atoms. The summed E-state index contributed by atoms with van der Waals surface area (Å²) in [6.07, 6.45) is 0.664. The van der Waals surface area contributed by atoms with Gasteiger partial charge in [0.2, 0.25) is 11.6 Å². The first-order valence-electron chi connectivity index (χ1n) is 11.5. The zero-order chi connectivity index (χ0) is 24.2. The number of benzene rings is 3. The fourth-order valence-electron chi connectivity index (χ4n) is 4.43. The number of anilines is 2. The summed E-state index contributed by atoms with van der Waals surface area (Å²) in [6.45, 7) is 1.22. The van der Waals surface area contributed by atoms with E-state index in [9.17, 15) is 14.0 Å². The molecule has 1 N–H and O–H groups in total. The molecule has 0 saturated heterocycles. The van der Waals surface area contributed by atoms with Gasteiger partial charge in [-0.3, -0.25) is 14.2 Å². The maximum absolute atomic E-state index is 13.3. The minimum absolute atomic E-state index is 0.106. The average Bonchev–Trinajstić information content (AvgIpc) is 3.33. The van der Waals surface area contributed by atoms with Gasteiger partial charge in [-0.25, -0.2) is 4.39 Å². The van der Waals surface area contributed by atoms with Crippen LogP contribution in [-0.4, -0.2) is 33.8 Å². The fourth-order valence-corrected chi connectivity index (χ4v) is 4.43. The molecule has 35 heavy (non-hydrogen) atoms. The van der Waals surface area contributed by atoms with Gasteiger partial charge in [0.15, 0.2) is 0 Å². The Morgan fingerprint density at radius 3 is 2.14 bits per heavy atom. The maximum Gasteiger partial charge on any atom is 0.286 e. The number of nitrogens with zero attached hydrogens (tertiary/aromatic N) is 4. The number of carbonyl (C=O) groups is 1. The third-order valence-electron chi connectivity index (χ3n) is 6.19. The summed E-state index contributed by atoms with van der Waals surface area (Å²) in [5, 5.41) is 10.9. The topological polar surface area (TPSA) is 80.1 Å². The summed E-state index contributed by atoms with van der Waals surface area (Å²) in [6, 6.07) is 26.2. The van der Waals surface area contributed by atoms with Gasteiger partial charge in [0.1, 0.15) is 5.82 Å². The van der Waals surface area contributed by atoms with Crippen LogP contribution >= 0.6 is 0 Å². The van der Waals surface area contributed by atoms with Crippen molar-refractivity contribution in [1.29, 1.82) is 0 Å². The zero-order valence-electron chi connectivity index (χ0n) is 19.0. The Hall–Kier alpha value is -4.33. The van der Waals surface area contributed by atoms with E-state index in [1.807, 2.05) is 36.4 Å². The van der Waals surface area contributed by atoms with Crippen LogP contribution in [0.4, 0.5) is 16.0 Å². The number of aromatic nitrogens is 3. The summed E-state index contributed by atoms with van der Waals surface area (Å²) >= 11 is 0. The number of halogens is 1. The van der Waals surface area contributed by atoms with Crippen LogP contribution in [0.5, 0.6) is 0 Å². The Morgan fingerprint density at radius 2 is 1.51 bits per heavy atom. The third-order valence-corrected chi connectivity index (χ3v) is 6.19. The lowest BCUT2D eigenvalue weighted by molar-refractivity contribution is 0.0944. The highest BCUT2D eigenvalue weighted by Gasteiger charge is 2.27. The second kappa shape index (κ2) is 9.89. The van der Waals surface area contributed by atoms with Gasteiger partial charge in [-0.05, 0) is 41.8 Å². The van der Waals surface area contributed by atoms with Crippen molar-refractivity contribution >= 4 is 17.5 Å². The number of hydrogen-bond donors (Lipinski definition) is 1. The normalized spacial score (nSPS) is 12.6. The summed E-state index contributed by atoms with van der Waals surface area (Å²) in [7, 11) is 0. The van der Waals surface area contributed by atoms with E-state index in [4.69, 9.17) is 0 Å². The van der Waals surface area contributed by atoms with Crippen LogP contribution in [0.15, 0.2) is 89.7 Å². The molecule has 2 heterocycles. The molecule has 1 aromatic heterocycles. The largest absolute Gasteiger partial charge is 0.350 e. The Kier molecular flexibility index (Phi) is 6.34. The predicted octanol–water partition coefficient (Wildman–Crippen LogP) is 3.88. The van der Waals surface area contributed by atoms with Crippen LogP contribution in [-0.2, 0) is 6.54 Å². The SMILES string of the molecule is O=C(NCCC(c1ccccc1)c1ccccc1)c1nnc2n(c1=O)CCN2c1ccc(F)cc1. The van der Waals surface area contributed by atoms with Crippen LogP contribution in [0.3, 0.4) is 0 Å². The third kappa shape index (κ3) is 4.68. The summed E-state index contributed by atoms with van der Waals surface area (Å²) in [4.78, 5) is 27.6. The van der Waals surface area contributed by atoms with Gasteiger partial charge in [0, 0.05) is 31.2 Å². The minimum atomic E-state index is -0.544. The van der Waals surface area contributed by atoms with Crippen molar-refractivity contribution in [1.82, 2.24) is 20.1 Å². The summed E-state index contributed by atoms with van der Waals surface area (Å²) in [5.74, 6) is -0.441. The van der Waals surface area contributed by atoms with Crippen molar-refractivity contribution in [3.05, 3.63) is 118 Å². The van der Waals surface area contributed by atoms with Crippen molar-refractivity contribution in [2.75, 3.05) is 18.0 Å². The van der Waals surface area contributed by atoms with Crippen molar-refractivity contribution in [3.8, 4) is 0 Å². The lowest BCUT2D eigenvalue weighted by Crippen LogP contribution is -2.35. The Balaban J connectivity index is 1.30. The molecule has 0 unspecified atom stereocenters. The lowest BCUT2D eigenvalue weighted by atomic mass is 9.88. The molecular weight excluding hydrogens is 445 g/mol. The number of carbonyl (C=O) groups excluding carboxylic acids is 1. The zero-order valence-corrected chi connectivity index (χ0v) is 19.0. The molecule has 1 aliphatic rings. The first-order chi connectivity index (χ1) is 17.1. The molecule has 0 radical (unpaired) electrons. The second-order valence-corrected chi connectivity index (χ2v) is 8.35. The van der Waals surface area contributed by atoms with Crippen LogP contribution < -0.4 is 15.8 Å². The van der Waals surface area contributed by atoms with Crippen molar-refractivity contribution in [3.63, 3.8) is 0 Å². The molecule has 1 aliphatic heterocycles. The molecular formula is C27H24FN5O2. The Labute approximate surface area is 201 Å².